The molecule has 0 saturated carbocycles. The van der Waals surface area contributed by atoms with Gasteiger partial charge in [0.2, 0.25) is 11.7 Å². The summed E-state index contributed by atoms with van der Waals surface area (Å²) in [6.07, 6.45) is 0. The molecule has 1 heterocycles. The number of para-hydroxylation sites is 1. The van der Waals surface area contributed by atoms with Crippen LogP contribution in [0.5, 0.6) is 5.75 Å². The highest BCUT2D eigenvalue weighted by molar-refractivity contribution is 5.89. The number of rotatable bonds is 6. The number of hydrogen-bond acceptors (Lipinski definition) is 7. The van der Waals surface area contributed by atoms with Gasteiger partial charge >= 0.3 is 5.97 Å². The number of esters is 1. The van der Waals surface area contributed by atoms with Crippen molar-refractivity contribution >= 4 is 11.7 Å². The lowest BCUT2D eigenvalue weighted by atomic mass is 10.1. The van der Waals surface area contributed by atoms with Crippen LogP contribution in [0.2, 0.25) is 0 Å². The van der Waals surface area contributed by atoms with Crippen LogP contribution in [0.15, 0.2) is 77.3 Å². The van der Waals surface area contributed by atoms with E-state index in [1.165, 1.54) is 7.11 Å². The highest BCUT2D eigenvalue weighted by atomic mass is 16.5. The largest absolute Gasteiger partial charge is 0.496 e. The van der Waals surface area contributed by atoms with Gasteiger partial charge in [0.15, 0.2) is 0 Å². The van der Waals surface area contributed by atoms with Gasteiger partial charge in [0, 0.05) is 16.8 Å². The fourth-order valence-corrected chi connectivity index (χ4v) is 3.14. The summed E-state index contributed by atoms with van der Waals surface area (Å²) in [5, 5.41) is 7.32. The first-order valence-electron chi connectivity index (χ1n) is 10.2. The van der Waals surface area contributed by atoms with Gasteiger partial charge in [-0.15, -0.1) is 0 Å². The molecule has 7 heteroatoms. The van der Waals surface area contributed by atoms with Gasteiger partial charge < -0.3 is 19.3 Å². The summed E-state index contributed by atoms with van der Waals surface area (Å²) in [7, 11) is 2.96. The summed E-state index contributed by atoms with van der Waals surface area (Å²) in [4.78, 5) is 16.1. The zero-order valence-corrected chi connectivity index (χ0v) is 18.2. The number of carbonyl (C=O) groups is 1. The van der Waals surface area contributed by atoms with Crippen LogP contribution in [0.25, 0.3) is 11.4 Å². The van der Waals surface area contributed by atoms with Gasteiger partial charge in [-0.1, -0.05) is 41.3 Å². The minimum Gasteiger partial charge on any atom is -0.496 e. The van der Waals surface area contributed by atoms with Crippen molar-refractivity contribution in [3.8, 4) is 29.0 Å². The Bertz CT molecular complexity index is 1330. The smallest absolute Gasteiger partial charge is 0.337 e. The third kappa shape index (κ3) is 5.38. The van der Waals surface area contributed by atoms with E-state index in [-0.39, 0.29) is 5.97 Å². The Morgan fingerprint density at radius 1 is 0.970 bits per heavy atom. The minimum absolute atomic E-state index is 0.361. The minimum atomic E-state index is -0.389. The second kappa shape index (κ2) is 10.2. The Morgan fingerprint density at radius 3 is 2.52 bits per heavy atom. The predicted molar refractivity (Wildman–Crippen MR) is 124 cm³/mol. The lowest BCUT2D eigenvalue weighted by molar-refractivity contribution is 0.0600. The fraction of sp³-hybridized carbons (Fsp3) is 0.115. The molecule has 4 aromatic rings. The number of hydrogen-bond donors (Lipinski definition) is 1. The second-order valence-electron chi connectivity index (χ2n) is 6.97. The van der Waals surface area contributed by atoms with Crippen LogP contribution >= 0.6 is 0 Å². The predicted octanol–water partition coefficient (Wildman–Crippen LogP) is 4.54. The van der Waals surface area contributed by atoms with E-state index in [1.54, 1.807) is 25.3 Å². The third-order valence-electron chi connectivity index (χ3n) is 4.76. The molecule has 7 nitrogen and oxygen atoms in total. The number of nitrogens with zero attached hydrogens (tertiary/aromatic N) is 2. The number of aromatic nitrogens is 2. The number of nitrogens with one attached hydrogen (secondary N) is 1. The van der Waals surface area contributed by atoms with E-state index < -0.39 is 0 Å². The van der Waals surface area contributed by atoms with Crippen LogP contribution < -0.4 is 10.1 Å². The molecule has 0 fully saturated rings. The van der Waals surface area contributed by atoms with Gasteiger partial charge in [-0.05, 0) is 48.5 Å². The Balaban J connectivity index is 1.43. The van der Waals surface area contributed by atoms with Crippen LogP contribution in [0.1, 0.15) is 27.4 Å². The molecular weight excluding hydrogens is 418 g/mol. The topological polar surface area (TPSA) is 86.5 Å². The summed E-state index contributed by atoms with van der Waals surface area (Å²) < 4.78 is 15.5. The number of benzene rings is 3. The maximum atomic E-state index is 11.7. The molecule has 0 saturated heterocycles. The fourth-order valence-electron chi connectivity index (χ4n) is 3.14. The molecule has 4 rings (SSSR count). The van der Waals surface area contributed by atoms with Crippen molar-refractivity contribution in [2.24, 2.45) is 0 Å². The first-order chi connectivity index (χ1) is 16.2. The summed E-state index contributed by atoms with van der Waals surface area (Å²) in [5.41, 5.74) is 3.65. The highest BCUT2D eigenvalue weighted by Crippen LogP contribution is 2.27. The van der Waals surface area contributed by atoms with Gasteiger partial charge in [-0.25, -0.2) is 4.79 Å². The van der Waals surface area contributed by atoms with Crippen molar-refractivity contribution in [1.82, 2.24) is 10.1 Å². The lowest BCUT2D eigenvalue weighted by Gasteiger charge is -2.04. The molecule has 0 spiro atoms. The van der Waals surface area contributed by atoms with E-state index in [2.05, 4.69) is 27.3 Å². The molecule has 33 heavy (non-hydrogen) atoms. The van der Waals surface area contributed by atoms with Crippen LogP contribution in [-0.4, -0.2) is 30.3 Å². The molecule has 0 aliphatic rings. The van der Waals surface area contributed by atoms with Gasteiger partial charge in [-0.3, -0.25) is 0 Å². The Labute approximate surface area is 191 Å². The molecule has 164 valence electrons. The van der Waals surface area contributed by atoms with Gasteiger partial charge in [0.1, 0.15) is 5.75 Å². The Morgan fingerprint density at radius 2 is 1.73 bits per heavy atom. The monoisotopic (exact) mass is 439 g/mol. The molecule has 0 aliphatic heterocycles. The average Bonchev–Trinajstić information content (AvgIpc) is 3.35. The summed E-state index contributed by atoms with van der Waals surface area (Å²) in [6, 6.07) is 22.2. The molecule has 3 aromatic carbocycles. The summed E-state index contributed by atoms with van der Waals surface area (Å²) in [5.74, 6) is 7.40. The molecule has 0 bridgehead atoms. The van der Waals surface area contributed by atoms with E-state index in [9.17, 15) is 4.79 Å². The average molecular weight is 439 g/mol. The van der Waals surface area contributed by atoms with Gasteiger partial charge in [-0.2, -0.15) is 4.98 Å². The maximum Gasteiger partial charge on any atom is 0.337 e. The van der Waals surface area contributed by atoms with Crippen molar-refractivity contribution in [3.63, 3.8) is 0 Å². The van der Waals surface area contributed by atoms with Crippen molar-refractivity contribution in [2.45, 2.75) is 6.54 Å². The van der Waals surface area contributed by atoms with Crippen molar-refractivity contribution < 1.29 is 18.8 Å². The second-order valence-corrected chi connectivity index (χ2v) is 6.97. The van der Waals surface area contributed by atoms with E-state index in [0.717, 1.165) is 22.4 Å². The van der Waals surface area contributed by atoms with Crippen LogP contribution in [0.3, 0.4) is 0 Å². The standard InChI is InChI=1S/C26H21N3O4/c1-31-23-12-4-3-11-22(23)25-28-24(33-29-25)17-27-21-10-6-8-19(16-21)14-13-18-7-5-9-20(15-18)26(30)32-2/h3-12,15-16,27H,17H2,1-2H3. The van der Waals surface area contributed by atoms with Crippen molar-refractivity contribution in [2.75, 3.05) is 19.5 Å². The lowest BCUT2D eigenvalue weighted by Crippen LogP contribution is -2.00. The highest BCUT2D eigenvalue weighted by Gasteiger charge is 2.12. The number of anilines is 1. The first-order valence-corrected chi connectivity index (χ1v) is 10.2. The SMILES string of the molecule is COC(=O)c1cccc(C#Cc2cccc(NCc3nc(-c4ccccc4OC)no3)c2)c1. The number of methoxy groups -OCH3 is 2. The van der Waals surface area contributed by atoms with Crippen molar-refractivity contribution in [1.29, 1.82) is 0 Å². The molecule has 1 N–H and O–H groups in total. The molecule has 0 unspecified atom stereocenters. The number of ether oxygens (including phenoxy) is 2. The maximum absolute atomic E-state index is 11.7. The molecule has 0 amide bonds. The normalized spacial score (nSPS) is 10.1. The molecule has 0 radical (unpaired) electrons. The molecule has 0 aliphatic carbocycles. The molecule has 0 atom stereocenters. The first kappa shape index (κ1) is 21.7. The van der Waals surface area contributed by atoms with Gasteiger partial charge in [0.25, 0.3) is 0 Å². The van der Waals surface area contributed by atoms with E-state index >= 15 is 0 Å². The molecule has 1 aromatic heterocycles. The third-order valence-corrected chi connectivity index (χ3v) is 4.76. The van der Waals surface area contributed by atoms with Crippen molar-refractivity contribution in [3.05, 3.63) is 95.4 Å². The van der Waals surface area contributed by atoms with E-state index in [0.29, 0.717) is 29.6 Å². The van der Waals surface area contributed by atoms with Crippen LogP contribution in [0, 0.1) is 11.8 Å². The quantitative estimate of drug-likeness (QED) is 0.349. The number of carbonyl (C=O) groups excluding carboxylic acids is 1. The molecular formula is C26H21N3O4. The summed E-state index contributed by atoms with van der Waals surface area (Å²) >= 11 is 0. The Hall–Kier alpha value is -4.57. The van der Waals surface area contributed by atoms with Crippen LogP contribution in [-0.2, 0) is 11.3 Å². The van der Waals surface area contributed by atoms with E-state index in [1.807, 2.05) is 54.6 Å². The van der Waals surface area contributed by atoms with Gasteiger partial charge in [0.05, 0.1) is 31.9 Å². The zero-order valence-electron chi connectivity index (χ0n) is 18.2. The van der Waals surface area contributed by atoms with E-state index in [4.69, 9.17) is 14.0 Å². The van der Waals surface area contributed by atoms with Crippen LogP contribution in [0.4, 0.5) is 5.69 Å². The Kier molecular flexibility index (Phi) is 6.67. The summed E-state index contributed by atoms with van der Waals surface area (Å²) in [6.45, 7) is 0.361. The zero-order chi connectivity index (χ0) is 23.0.